The summed E-state index contributed by atoms with van der Waals surface area (Å²) in [6.45, 7) is 4.35. The van der Waals surface area contributed by atoms with Crippen molar-refractivity contribution in [2.45, 2.75) is 13.0 Å². The number of hydrogen-bond acceptors (Lipinski definition) is 3. The van der Waals surface area contributed by atoms with E-state index in [1.165, 1.54) is 0 Å². The van der Waals surface area contributed by atoms with Gasteiger partial charge in [0.15, 0.2) is 0 Å². The molecule has 5 heteroatoms. The Labute approximate surface area is 105 Å². The summed E-state index contributed by atoms with van der Waals surface area (Å²) in [5.74, 6) is 0.0476. The van der Waals surface area contributed by atoms with E-state index in [1.54, 1.807) is 0 Å². The van der Waals surface area contributed by atoms with E-state index in [-0.39, 0.29) is 11.9 Å². The fraction of sp³-hybridized carbons (Fsp3) is 0.417. The minimum Gasteiger partial charge on any atom is -0.354 e. The minimum absolute atomic E-state index is 0.0476. The lowest BCUT2D eigenvalue weighted by Crippen LogP contribution is -2.59. The van der Waals surface area contributed by atoms with Crippen LogP contribution in [0.5, 0.6) is 0 Å². The third-order valence-corrected chi connectivity index (χ3v) is 3.59. The molecule has 2 heterocycles. The SMILES string of the molecule is Cc1cc(Cl)c2c(c1)NC(=O)C1CNCCN21. The van der Waals surface area contributed by atoms with Gasteiger partial charge in [-0.25, -0.2) is 0 Å². The standard InChI is InChI=1S/C12H14ClN3O/c1-7-4-8(13)11-9(5-7)15-12(17)10-6-14-2-3-16(10)11/h4-5,10,14H,2-3,6H2,1H3,(H,15,17). The van der Waals surface area contributed by atoms with Crippen LogP contribution < -0.4 is 15.5 Å². The van der Waals surface area contributed by atoms with Crippen molar-refractivity contribution in [1.82, 2.24) is 5.32 Å². The van der Waals surface area contributed by atoms with Crippen LogP contribution >= 0.6 is 11.6 Å². The predicted molar refractivity (Wildman–Crippen MR) is 68.8 cm³/mol. The van der Waals surface area contributed by atoms with Gasteiger partial charge in [-0.2, -0.15) is 0 Å². The number of aryl methyl sites for hydroxylation is 1. The highest BCUT2D eigenvalue weighted by Crippen LogP contribution is 2.39. The highest BCUT2D eigenvalue weighted by molar-refractivity contribution is 6.34. The van der Waals surface area contributed by atoms with Crippen LogP contribution in [0.15, 0.2) is 12.1 Å². The van der Waals surface area contributed by atoms with Crippen molar-refractivity contribution in [2.24, 2.45) is 0 Å². The van der Waals surface area contributed by atoms with Crippen molar-refractivity contribution < 1.29 is 4.79 Å². The molecule has 1 saturated heterocycles. The quantitative estimate of drug-likeness (QED) is 0.732. The molecule has 1 atom stereocenters. The predicted octanol–water partition coefficient (Wildman–Crippen LogP) is 1.38. The number of hydrogen-bond donors (Lipinski definition) is 2. The summed E-state index contributed by atoms with van der Waals surface area (Å²) in [6, 6.07) is 3.77. The number of piperazine rings is 1. The second-order valence-electron chi connectivity index (χ2n) is 4.55. The maximum absolute atomic E-state index is 12.0. The summed E-state index contributed by atoms with van der Waals surface area (Å²) < 4.78 is 0. The molecule has 1 aromatic carbocycles. The van der Waals surface area contributed by atoms with Crippen molar-refractivity contribution in [3.63, 3.8) is 0 Å². The summed E-state index contributed by atoms with van der Waals surface area (Å²) in [7, 11) is 0. The lowest BCUT2D eigenvalue weighted by Gasteiger charge is -2.41. The monoisotopic (exact) mass is 251 g/mol. The number of halogens is 1. The van der Waals surface area contributed by atoms with Gasteiger partial charge < -0.3 is 15.5 Å². The summed E-state index contributed by atoms with van der Waals surface area (Å²) >= 11 is 6.30. The Kier molecular flexibility index (Phi) is 2.49. The molecule has 1 unspecified atom stereocenters. The van der Waals surface area contributed by atoms with Gasteiger partial charge in [-0.15, -0.1) is 0 Å². The number of nitrogens with zero attached hydrogens (tertiary/aromatic N) is 1. The molecule has 0 radical (unpaired) electrons. The minimum atomic E-state index is -0.142. The molecule has 17 heavy (non-hydrogen) atoms. The van der Waals surface area contributed by atoms with Gasteiger partial charge in [-0.3, -0.25) is 4.79 Å². The van der Waals surface area contributed by atoms with Crippen molar-refractivity contribution >= 4 is 28.9 Å². The maximum Gasteiger partial charge on any atom is 0.248 e. The summed E-state index contributed by atoms with van der Waals surface area (Å²) in [5, 5.41) is 6.88. The largest absolute Gasteiger partial charge is 0.354 e. The van der Waals surface area contributed by atoms with Crippen molar-refractivity contribution in [1.29, 1.82) is 0 Å². The second-order valence-corrected chi connectivity index (χ2v) is 4.95. The Hall–Kier alpha value is -1.26. The molecular weight excluding hydrogens is 238 g/mol. The smallest absolute Gasteiger partial charge is 0.248 e. The van der Waals surface area contributed by atoms with Crippen LogP contribution in [0.4, 0.5) is 11.4 Å². The van der Waals surface area contributed by atoms with Crippen LogP contribution in [-0.4, -0.2) is 31.6 Å². The molecular formula is C12H14ClN3O. The number of fused-ring (bicyclic) bond motifs is 3. The van der Waals surface area contributed by atoms with Crippen LogP contribution in [0.1, 0.15) is 5.56 Å². The molecule has 2 aliphatic rings. The lowest BCUT2D eigenvalue weighted by molar-refractivity contribution is -0.117. The Morgan fingerprint density at radius 1 is 1.47 bits per heavy atom. The van der Waals surface area contributed by atoms with Gasteiger partial charge in [-0.1, -0.05) is 11.6 Å². The highest BCUT2D eigenvalue weighted by Gasteiger charge is 2.35. The van der Waals surface area contributed by atoms with Crippen LogP contribution in [0.2, 0.25) is 5.02 Å². The van der Waals surface area contributed by atoms with E-state index in [2.05, 4.69) is 15.5 Å². The zero-order valence-electron chi connectivity index (χ0n) is 9.59. The van der Waals surface area contributed by atoms with E-state index in [0.717, 1.165) is 30.0 Å². The van der Waals surface area contributed by atoms with E-state index in [9.17, 15) is 4.79 Å². The molecule has 2 aliphatic heterocycles. The van der Waals surface area contributed by atoms with Crippen molar-refractivity contribution in [3.05, 3.63) is 22.7 Å². The first-order chi connectivity index (χ1) is 8.16. The van der Waals surface area contributed by atoms with Crippen LogP contribution in [0.25, 0.3) is 0 Å². The first-order valence-electron chi connectivity index (χ1n) is 5.75. The molecule has 0 bridgehead atoms. The Balaban J connectivity index is 2.13. The van der Waals surface area contributed by atoms with Gasteiger partial charge in [0.05, 0.1) is 16.4 Å². The van der Waals surface area contributed by atoms with Gasteiger partial charge in [0.2, 0.25) is 5.91 Å². The highest BCUT2D eigenvalue weighted by atomic mass is 35.5. The van der Waals surface area contributed by atoms with E-state index in [1.807, 2.05) is 19.1 Å². The molecule has 1 aromatic rings. The van der Waals surface area contributed by atoms with Gasteiger partial charge in [-0.05, 0) is 24.6 Å². The summed E-state index contributed by atoms with van der Waals surface area (Å²) in [4.78, 5) is 14.1. The Morgan fingerprint density at radius 3 is 3.12 bits per heavy atom. The molecule has 3 rings (SSSR count). The summed E-state index contributed by atoms with van der Waals surface area (Å²) in [5.41, 5.74) is 2.85. The maximum atomic E-state index is 12.0. The van der Waals surface area contributed by atoms with E-state index < -0.39 is 0 Å². The number of rotatable bonds is 0. The fourth-order valence-electron chi connectivity index (χ4n) is 2.54. The van der Waals surface area contributed by atoms with Crippen LogP contribution in [0, 0.1) is 6.92 Å². The molecule has 1 amide bonds. The molecule has 2 N–H and O–H groups in total. The Bertz CT molecular complexity index is 489. The van der Waals surface area contributed by atoms with Gasteiger partial charge in [0.25, 0.3) is 0 Å². The van der Waals surface area contributed by atoms with E-state index in [4.69, 9.17) is 11.6 Å². The average Bonchev–Trinajstić information content (AvgIpc) is 2.28. The zero-order chi connectivity index (χ0) is 12.0. The number of nitrogens with one attached hydrogen (secondary N) is 2. The zero-order valence-corrected chi connectivity index (χ0v) is 10.3. The van der Waals surface area contributed by atoms with Crippen LogP contribution in [-0.2, 0) is 4.79 Å². The lowest BCUT2D eigenvalue weighted by atomic mass is 10.0. The van der Waals surface area contributed by atoms with Crippen LogP contribution in [0.3, 0.4) is 0 Å². The van der Waals surface area contributed by atoms with E-state index in [0.29, 0.717) is 11.6 Å². The third kappa shape index (κ3) is 1.68. The molecule has 0 aromatic heterocycles. The Morgan fingerprint density at radius 2 is 2.29 bits per heavy atom. The van der Waals surface area contributed by atoms with Gasteiger partial charge in [0, 0.05) is 19.6 Å². The van der Waals surface area contributed by atoms with Crippen molar-refractivity contribution in [2.75, 3.05) is 29.9 Å². The van der Waals surface area contributed by atoms with E-state index >= 15 is 0 Å². The first-order valence-corrected chi connectivity index (χ1v) is 6.13. The third-order valence-electron chi connectivity index (χ3n) is 3.30. The van der Waals surface area contributed by atoms with Gasteiger partial charge >= 0.3 is 0 Å². The molecule has 4 nitrogen and oxygen atoms in total. The average molecular weight is 252 g/mol. The number of carbonyl (C=O) groups is 1. The topological polar surface area (TPSA) is 44.4 Å². The molecule has 0 aliphatic carbocycles. The van der Waals surface area contributed by atoms with Crippen molar-refractivity contribution in [3.8, 4) is 0 Å². The number of carbonyl (C=O) groups excluding carboxylic acids is 1. The number of amides is 1. The fourth-order valence-corrected chi connectivity index (χ4v) is 2.93. The summed E-state index contributed by atoms with van der Waals surface area (Å²) in [6.07, 6.45) is 0. The first kappa shape index (κ1) is 10.9. The number of anilines is 2. The molecule has 90 valence electrons. The molecule has 1 fully saturated rings. The second kappa shape index (κ2) is 3.89. The van der Waals surface area contributed by atoms with Gasteiger partial charge in [0.1, 0.15) is 6.04 Å². The number of benzene rings is 1. The molecule has 0 spiro atoms. The normalized spacial score (nSPS) is 22.8. The molecule has 0 saturated carbocycles.